The number of hydrogen-bond donors (Lipinski definition) is 1. The van der Waals surface area contributed by atoms with Crippen LogP contribution in [0.25, 0.3) is 10.9 Å². The van der Waals surface area contributed by atoms with E-state index in [1.54, 1.807) is 18.2 Å². The second-order valence-electron chi connectivity index (χ2n) is 6.43. The summed E-state index contributed by atoms with van der Waals surface area (Å²) in [6.45, 7) is 0. The van der Waals surface area contributed by atoms with Crippen LogP contribution >= 0.6 is 11.6 Å². The zero-order valence-corrected chi connectivity index (χ0v) is 15.2. The molecule has 2 aromatic heterocycles. The summed E-state index contributed by atoms with van der Waals surface area (Å²) in [5.74, 6) is -0.387. The van der Waals surface area contributed by atoms with E-state index < -0.39 is 0 Å². The molecule has 2 heterocycles. The second-order valence-corrected chi connectivity index (χ2v) is 6.87. The molecule has 0 unspecified atom stereocenters. The predicted octanol–water partition coefficient (Wildman–Crippen LogP) is 4.86. The Balaban J connectivity index is 1.78. The smallest absolute Gasteiger partial charge is 0.259 e. The lowest BCUT2D eigenvalue weighted by Gasteiger charge is -2.16. The molecular weight excluding hydrogens is 360 g/mol. The molecular formula is C22H17ClN2O2. The molecule has 0 aliphatic carbocycles. The van der Waals surface area contributed by atoms with Gasteiger partial charge < -0.3 is 10.2 Å². The first-order chi connectivity index (χ1) is 13.1. The molecule has 5 heteroatoms. The van der Waals surface area contributed by atoms with Crippen molar-refractivity contribution in [2.75, 3.05) is 0 Å². The van der Waals surface area contributed by atoms with E-state index >= 15 is 0 Å². The average molecular weight is 377 g/mol. The lowest BCUT2D eigenvalue weighted by molar-refractivity contribution is -0.607. The van der Waals surface area contributed by atoms with Crippen molar-refractivity contribution in [2.45, 2.75) is 12.3 Å². The number of hydrogen-bond acceptors (Lipinski definition) is 2. The van der Waals surface area contributed by atoms with Crippen LogP contribution in [0.1, 0.15) is 34.0 Å². The topological polar surface area (TPSA) is 59.8 Å². The Morgan fingerprint density at radius 3 is 2.56 bits per heavy atom. The third-order valence-electron chi connectivity index (χ3n) is 4.77. The van der Waals surface area contributed by atoms with Gasteiger partial charge in [0.25, 0.3) is 5.69 Å². The fourth-order valence-electron chi connectivity index (χ4n) is 3.42. The number of aromatic nitrogens is 2. The van der Waals surface area contributed by atoms with Crippen molar-refractivity contribution in [1.82, 2.24) is 4.98 Å². The number of H-pyrrole nitrogens is 1. The maximum Gasteiger partial charge on any atom is 0.259 e. The first kappa shape index (κ1) is 17.3. The molecule has 27 heavy (non-hydrogen) atoms. The highest BCUT2D eigenvalue weighted by molar-refractivity contribution is 6.30. The van der Waals surface area contributed by atoms with Crippen molar-refractivity contribution >= 4 is 28.3 Å². The van der Waals surface area contributed by atoms with Crippen LogP contribution in [0.4, 0.5) is 0 Å². The fourth-order valence-corrected chi connectivity index (χ4v) is 3.54. The number of nitrogens with one attached hydrogen (secondary N) is 1. The number of aromatic amines is 1. The fraction of sp³-hybridized carbons (Fsp3) is 0.0909. The van der Waals surface area contributed by atoms with Gasteiger partial charge in [0, 0.05) is 46.6 Å². The monoisotopic (exact) mass is 376 g/mol. The van der Waals surface area contributed by atoms with E-state index in [0.717, 1.165) is 22.0 Å². The second kappa shape index (κ2) is 7.25. The minimum Gasteiger partial charge on any atom is -0.618 e. The minimum absolute atomic E-state index is 0.149. The van der Waals surface area contributed by atoms with E-state index in [0.29, 0.717) is 9.75 Å². The van der Waals surface area contributed by atoms with Crippen LogP contribution in [0.3, 0.4) is 0 Å². The van der Waals surface area contributed by atoms with E-state index in [4.69, 9.17) is 11.6 Å². The third kappa shape index (κ3) is 3.44. The summed E-state index contributed by atoms with van der Waals surface area (Å²) in [5, 5.41) is 13.7. The van der Waals surface area contributed by atoms with Gasteiger partial charge in [0.2, 0.25) is 5.78 Å². The van der Waals surface area contributed by atoms with Crippen LogP contribution in [-0.2, 0) is 0 Å². The number of ketones is 1. The van der Waals surface area contributed by atoms with E-state index in [9.17, 15) is 10.0 Å². The molecule has 4 nitrogen and oxygen atoms in total. The van der Waals surface area contributed by atoms with Crippen LogP contribution in [0.15, 0.2) is 79.1 Å². The molecule has 0 radical (unpaired) electrons. The average Bonchev–Trinajstić information content (AvgIpc) is 3.11. The molecule has 0 bridgehead atoms. The molecule has 0 aliphatic heterocycles. The van der Waals surface area contributed by atoms with Gasteiger partial charge in [0.1, 0.15) is 0 Å². The third-order valence-corrected chi connectivity index (χ3v) is 5.02. The Hall–Kier alpha value is -3.11. The number of benzene rings is 2. The normalized spacial score (nSPS) is 12.2. The van der Waals surface area contributed by atoms with Gasteiger partial charge in [0.15, 0.2) is 6.20 Å². The molecule has 2 aromatic carbocycles. The molecule has 134 valence electrons. The number of carbonyl (C=O) groups excluding carboxylic acids is 1. The Morgan fingerprint density at radius 2 is 1.78 bits per heavy atom. The largest absolute Gasteiger partial charge is 0.618 e. The van der Waals surface area contributed by atoms with Gasteiger partial charge in [-0.25, -0.2) is 0 Å². The molecule has 0 spiro atoms. The van der Waals surface area contributed by atoms with E-state index in [-0.39, 0.29) is 23.8 Å². The van der Waals surface area contributed by atoms with E-state index in [1.165, 1.54) is 6.20 Å². The van der Waals surface area contributed by atoms with E-state index in [2.05, 4.69) is 4.98 Å². The van der Waals surface area contributed by atoms with Gasteiger partial charge >= 0.3 is 0 Å². The highest BCUT2D eigenvalue weighted by Gasteiger charge is 2.25. The lowest BCUT2D eigenvalue weighted by Crippen LogP contribution is -2.34. The Morgan fingerprint density at radius 1 is 1.04 bits per heavy atom. The van der Waals surface area contributed by atoms with Crippen LogP contribution in [0.5, 0.6) is 0 Å². The number of rotatable bonds is 5. The van der Waals surface area contributed by atoms with Crippen molar-refractivity contribution in [1.29, 1.82) is 0 Å². The SMILES string of the molecule is O=C(C[C@@H](c1ccc(Cl)cc1)c1c[nH]c2ccccc12)c1cccc[n+]1[O-]. The molecule has 0 aliphatic rings. The molecule has 0 fully saturated rings. The number of carbonyl (C=O) groups is 1. The molecule has 1 atom stereocenters. The van der Waals surface area contributed by atoms with Crippen LogP contribution in [-0.4, -0.2) is 10.8 Å². The highest BCUT2D eigenvalue weighted by Crippen LogP contribution is 2.34. The van der Waals surface area contributed by atoms with Gasteiger partial charge in [-0.3, -0.25) is 4.79 Å². The molecule has 0 amide bonds. The van der Waals surface area contributed by atoms with Crippen LogP contribution in [0, 0.1) is 5.21 Å². The van der Waals surface area contributed by atoms with Crippen molar-refractivity contribution in [3.05, 3.63) is 106 Å². The van der Waals surface area contributed by atoms with Gasteiger partial charge in [0.05, 0.1) is 0 Å². The maximum atomic E-state index is 12.9. The van der Waals surface area contributed by atoms with Gasteiger partial charge in [-0.15, -0.1) is 0 Å². The quantitative estimate of drug-likeness (QED) is 0.307. The summed E-state index contributed by atoms with van der Waals surface area (Å²) in [5.41, 5.74) is 3.16. The zero-order chi connectivity index (χ0) is 18.8. The lowest BCUT2D eigenvalue weighted by atomic mass is 9.86. The number of para-hydroxylation sites is 1. The summed E-state index contributed by atoms with van der Waals surface area (Å²) in [6, 6.07) is 20.3. The highest BCUT2D eigenvalue weighted by atomic mass is 35.5. The van der Waals surface area contributed by atoms with Gasteiger partial charge in [-0.2, -0.15) is 4.73 Å². The summed E-state index contributed by atoms with van der Waals surface area (Å²) >= 11 is 6.04. The summed E-state index contributed by atoms with van der Waals surface area (Å²) in [7, 11) is 0. The van der Waals surface area contributed by atoms with Crippen molar-refractivity contribution in [3.8, 4) is 0 Å². The summed E-state index contributed by atoms with van der Waals surface area (Å²) in [6.07, 6.45) is 3.47. The number of nitrogens with zero attached hydrogens (tertiary/aromatic N) is 1. The molecule has 0 saturated heterocycles. The van der Waals surface area contributed by atoms with Gasteiger partial charge in [-0.05, 0) is 35.4 Å². The molecule has 4 rings (SSSR count). The zero-order valence-electron chi connectivity index (χ0n) is 14.4. The Kier molecular flexibility index (Phi) is 4.65. The Bertz CT molecular complexity index is 1100. The number of fused-ring (bicyclic) bond motifs is 1. The minimum atomic E-state index is -0.198. The Labute approximate surface area is 161 Å². The summed E-state index contributed by atoms with van der Waals surface area (Å²) in [4.78, 5) is 16.2. The maximum absolute atomic E-state index is 12.9. The molecule has 4 aromatic rings. The number of halogens is 1. The summed E-state index contributed by atoms with van der Waals surface area (Å²) < 4.78 is 0.622. The van der Waals surface area contributed by atoms with Crippen LogP contribution in [0.2, 0.25) is 5.02 Å². The first-order valence-electron chi connectivity index (χ1n) is 8.66. The first-order valence-corrected chi connectivity index (χ1v) is 9.04. The van der Waals surface area contributed by atoms with Gasteiger partial charge in [-0.1, -0.05) is 41.9 Å². The van der Waals surface area contributed by atoms with Crippen molar-refractivity contribution < 1.29 is 9.52 Å². The van der Waals surface area contributed by atoms with Crippen molar-refractivity contribution in [3.63, 3.8) is 0 Å². The number of Topliss-reactive ketones (excluding diaryl/α,β-unsaturated/α-hetero) is 1. The van der Waals surface area contributed by atoms with Crippen molar-refractivity contribution in [2.24, 2.45) is 0 Å². The van der Waals surface area contributed by atoms with Crippen LogP contribution < -0.4 is 4.73 Å². The van der Waals surface area contributed by atoms with E-state index in [1.807, 2.05) is 54.7 Å². The molecule has 1 N–H and O–H groups in total. The predicted molar refractivity (Wildman–Crippen MR) is 106 cm³/mol. The molecule has 0 saturated carbocycles. The number of pyridine rings is 1. The standard InChI is InChI=1S/C22H17ClN2O2/c23-16-10-8-15(9-11-16)18(13-22(26)21-7-3-4-12-25(21)27)19-14-24-20-6-2-1-5-17(19)20/h1-12,14,18,24H,13H2/t18-/m0/s1.